The van der Waals surface area contributed by atoms with E-state index in [1.54, 1.807) is 18.2 Å². The van der Waals surface area contributed by atoms with Crippen molar-refractivity contribution in [2.75, 3.05) is 6.54 Å². The van der Waals surface area contributed by atoms with Gasteiger partial charge in [-0.3, -0.25) is 14.5 Å². The average molecular weight is 288 g/mol. The van der Waals surface area contributed by atoms with Gasteiger partial charge in [-0.15, -0.1) is 6.58 Å². The minimum Gasteiger partial charge on any atom is -0.545 e. The molecule has 2 rings (SSSR count). The van der Waals surface area contributed by atoms with Crippen LogP contribution < -0.4 is 5.11 Å². The van der Waals surface area contributed by atoms with Gasteiger partial charge < -0.3 is 9.90 Å². The Morgan fingerprint density at radius 2 is 1.95 bits per heavy atom. The zero-order valence-electron chi connectivity index (χ0n) is 10.4. The molecule has 0 spiro atoms. The molecule has 2 amide bonds. The lowest BCUT2D eigenvalue weighted by Gasteiger charge is -2.07. The van der Waals surface area contributed by atoms with E-state index in [4.69, 9.17) is 0 Å². The third-order valence-corrected chi connectivity index (χ3v) is 3.54. The number of carbonyl (C=O) groups is 3. The molecular weight excluding hydrogens is 278 g/mol. The van der Waals surface area contributed by atoms with Crippen molar-refractivity contribution in [3.63, 3.8) is 0 Å². The quantitative estimate of drug-likeness (QED) is 0.616. The van der Waals surface area contributed by atoms with Crippen LogP contribution in [0.4, 0.5) is 4.79 Å². The normalized spacial score (nSPS) is 16.8. The molecule has 0 N–H and O–H groups in total. The van der Waals surface area contributed by atoms with Gasteiger partial charge in [-0.05, 0) is 29.0 Å². The van der Waals surface area contributed by atoms with Crippen molar-refractivity contribution in [2.24, 2.45) is 0 Å². The molecule has 5 nitrogen and oxygen atoms in total. The van der Waals surface area contributed by atoms with Gasteiger partial charge in [0, 0.05) is 6.54 Å². The summed E-state index contributed by atoms with van der Waals surface area (Å²) in [5.74, 6) is -1.63. The summed E-state index contributed by atoms with van der Waals surface area (Å²) in [5.41, 5.74) is 0.695. The van der Waals surface area contributed by atoms with Gasteiger partial charge >= 0.3 is 0 Å². The first kappa shape index (κ1) is 14.1. The highest BCUT2D eigenvalue weighted by Crippen LogP contribution is 2.31. The molecule has 102 valence electrons. The Balaban J connectivity index is 2.23. The second kappa shape index (κ2) is 5.75. The van der Waals surface area contributed by atoms with E-state index in [0.29, 0.717) is 10.5 Å². The molecule has 1 fully saturated rings. The Morgan fingerprint density at radius 3 is 2.50 bits per heavy atom. The first-order valence-electron chi connectivity index (χ1n) is 5.70. The monoisotopic (exact) mass is 288 g/mol. The molecule has 0 bridgehead atoms. The van der Waals surface area contributed by atoms with Crippen LogP contribution in [-0.2, 0) is 4.79 Å². The van der Waals surface area contributed by atoms with E-state index in [1.807, 2.05) is 0 Å². The zero-order chi connectivity index (χ0) is 14.7. The Bertz CT molecular complexity index is 619. The van der Waals surface area contributed by atoms with Gasteiger partial charge in [0.25, 0.3) is 11.1 Å². The molecule has 0 atom stereocenters. The largest absolute Gasteiger partial charge is 0.545 e. The Morgan fingerprint density at radius 1 is 1.30 bits per heavy atom. The van der Waals surface area contributed by atoms with Crippen molar-refractivity contribution in [1.29, 1.82) is 0 Å². The van der Waals surface area contributed by atoms with E-state index in [9.17, 15) is 19.5 Å². The summed E-state index contributed by atoms with van der Waals surface area (Å²) >= 11 is 0.849. The van der Waals surface area contributed by atoms with E-state index in [0.717, 1.165) is 16.7 Å². The molecule has 1 aliphatic rings. The number of hydrogen-bond acceptors (Lipinski definition) is 5. The maximum absolute atomic E-state index is 11.9. The number of imide groups is 1. The van der Waals surface area contributed by atoms with Crippen molar-refractivity contribution in [2.45, 2.75) is 0 Å². The number of rotatable bonds is 4. The number of thioether (sulfide) groups is 1. The number of nitrogens with zero attached hydrogens (tertiary/aromatic N) is 1. The minimum atomic E-state index is -1.26. The van der Waals surface area contributed by atoms with Gasteiger partial charge in [0.05, 0.1) is 10.9 Å². The first-order valence-corrected chi connectivity index (χ1v) is 6.52. The third kappa shape index (κ3) is 2.80. The smallest absolute Gasteiger partial charge is 0.293 e. The maximum atomic E-state index is 11.9. The molecule has 1 saturated heterocycles. The molecule has 1 heterocycles. The Hall–Kier alpha value is -2.34. The van der Waals surface area contributed by atoms with E-state index in [2.05, 4.69) is 6.58 Å². The van der Waals surface area contributed by atoms with E-state index in [-0.39, 0.29) is 23.3 Å². The topological polar surface area (TPSA) is 77.5 Å². The van der Waals surface area contributed by atoms with E-state index >= 15 is 0 Å². The van der Waals surface area contributed by atoms with Crippen LogP contribution in [-0.4, -0.2) is 28.6 Å². The number of hydrogen-bond donors (Lipinski definition) is 0. The molecule has 1 aromatic carbocycles. The summed E-state index contributed by atoms with van der Waals surface area (Å²) in [5, 5.41) is 10.3. The lowest BCUT2D eigenvalue weighted by molar-refractivity contribution is -0.255. The highest BCUT2D eigenvalue weighted by molar-refractivity contribution is 8.18. The third-order valence-electron chi connectivity index (χ3n) is 2.63. The van der Waals surface area contributed by atoms with Crippen LogP contribution in [0.2, 0.25) is 0 Å². The first-order chi connectivity index (χ1) is 9.52. The molecule has 0 aromatic heterocycles. The van der Waals surface area contributed by atoms with Gasteiger partial charge in [-0.1, -0.05) is 30.3 Å². The fourth-order valence-electron chi connectivity index (χ4n) is 1.65. The minimum absolute atomic E-state index is 0.0573. The summed E-state index contributed by atoms with van der Waals surface area (Å²) in [6.07, 6.45) is 3.03. The molecule has 20 heavy (non-hydrogen) atoms. The molecular formula is C14H10NO4S-. The highest BCUT2D eigenvalue weighted by Gasteiger charge is 2.33. The number of carboxylic acids is 1. The summed E-state index contributed by atoms with van der Waals surface area (Å²) in [7, 11) is 0. The summed E-state index contributed by atoms with van der Waals surface area (Å²) < 4.78 is 0. The van der Waals surface area contributed by atoms with Crippen LogP contribution in [0, 0.1) is 0 Å². The van der Waals surface area contributed by atoms with Gasteiger partial charge in [0.2, 0.25) is 0 Å². The Kier molecular flexibility index (Phi) is 4.05. The van der Waals surface area contributed by atoms with Crippen LogP contribution in [0.1, 0.15) is 15.9 Å². The number of carboxylic acid groups (broad SMARTS) is 1. The predicted molar refractivity (Wildman–Crippen MR) is 73.6 cm³/mol. The van der Waals surface area contributed by atoms with Crippen molar-refractivity contribution in [1.82, 2.24) is 4.90 Å². The van der Waals surface area contributed by atoms with Crippen LogP contribution in [0.15, 0.2) is 41.8 Å². The molecule has 1 aliphatic heterocycles. The standard InChI is InChI=1S/C14H11NO4S/c1-2-7-15-12(16)11(20-14(15)19)8-9-3-5-10(6-4-9)13(17)18/h2-6,8H,1,7H2,(H,17,18)/p-1/b11-8+. The molecule has 0 radical (unpaired) electrons. The van der Waals surface area contributed by atoms with Crippen molar-refractivity contribution >= 4 is 35.0 Å². The predicted octanol–water partition coefficient (Wildman–Crippen LogP) is 1.27. The van der Waals surface area contributed by atoms with Crippen molar-refractivity contribution in [3.8, 4) is 0 Å². The van der Waals surface area contributed by atoms with Crippen molar-refractivity contribution < 1.29 is 19.5 Å². The molecule has 0 saturated carbocycles. The van der Waals surface area contributed by atoms with Crippen molar-refractivity contribution in [3.05, 3.63) is 53.0 Å². The summed E-state index contributed by atoms with van der Waals surface area (Å²) in [6.45, 7) is 3.66. The van der Waals surface area contributed by atoms with Crippen LogP contribution in [0.25, 0.3) is 6.08 Å². The maximum Gasteiger partial charge on any atom is 0.293 e. The zero-order valence-corrected chi connectivity index (χ0v) is 11.2. The fraction of sp³-hybridized carbons (Fsp3) is 0.0714. The van der Waals surface area contributed by atoms with Crippen LogP contribution in [0.3, 0.4) is 0 Å². The van der Waals surface area contributed by atoms with Gasteiger partial charge in [0.1, 0.15) is 0 Å². The lowest BCUT2D eigenvalue weighted by Crippen LogP contribution is -2.27. The van der Waals surface area contributed by atoms with Gasteiger partial charge in [0.15, 0.2) is 0 Å². The second-order valence-electron chi connectivity index (χ2n) is 3.99. The average Bonchev–Trinajstić information content (AvgIpc) is 2.67. The van der Waals surface area contributed by atoms with Crippen LogP contribution in [0.5, 0.6) is 0 Å². The fourth-order valence-corrected chi connectivity index (χ4v) is 2.50. The SMILES string of the molecule is C=CCN1C(=O)S/C(=C/c2ccc(C(=O)[O-])cc2)C1=O. The number of carbonyl (C=O) groups excluding carboxylic acids is 3. The van der Waals surface area contributed by atoms with E-state index in [1.165, 1.54) is 18.2 Å². The number of aromatic carboxylic acids is 1. The molecule has 6 heteroatoms. The Labute approximate surface area is 119 Å². The van der Waals surface area contributed by atoms with Crippen LogP contribution >= 0.6 is 11.8 Å². The molecule has 1 aromatic rings. The van der Waals surface area contributed by atoms with Gasteiger partial charge in [-0.2, -0.15) is 0 Å². The second-order valence-corrected chi connectivity index (χ2v) is 4.98. The summed E-state index contributed by atoms with van der Waals surface area (Å²) in [4.78, 5) is 35.6. The summed E-state index contributed by atoms with van der Waals surface area (Å²) in [6, 6.07) is 5.86. The van der Waals surface area contributed by atoms with E-state index < -0.39 is 5.97 Å². The highest BCUT2D eigenvalue weighted by atomic mass is 32.2. The molecule has 0 unspecified atom stereocenters. The number of amides is 2. The molecule has 0 aliphatic carbocycles. The lowest BCUT2D eigenvalue weighted by atomic mass is 10.1. The van der Waals surface area contributed by atoms with Gasteiger partial charge in [-0.25, -0.2) is 0 Å². The number of benzene rings is 1.